The molecule has 5 rings (SSSR count). The second kappa shape index (κ2) is 10.1. The van der Waals surface area contributed by atoms with Crippen LogP contribution in [0.2, 0.25) is 0 Å². The minimum absolute atomic E-state index is 0.0885. The molecule has 2 heterocycles. The van der Waals surface area contributed by atoms with Crippen LogP contribution in [0.1, 0.15) is 22.6 Å². The first-order valence-electron chi connectivity index (χ1n) is 11.1. The maximum absolute atomic E-state index is 13.1. The first kappa shape index (κ1) is 22.7. The van der Waals surface area contributed by atoms with Gasteiger partial charge in [-0.15, -0.1) is 0 Å². The molecule has 1 saturated heterocycles. The number of benzene rings is 3. The molecule has 2 aliphatic heterocycles. The van der Waals surface area contributed by atoms with Gasteiger partial charge in [0.05, 0.1) is 10.8 Å². The summed E-state index contributed by atoms with van der Waals surface area (Å²) >= 11 is 0.883. The zero-order chi connectivity index (χ0) is 24.2. The molecule has 2 aliphatic rings. The van der Waals surface area contributed by atoms with Crippen molar-refractivity contribution in [3.8, 4) is 11.5 Å². The minimum Gasteiger partial charge on any atom is -0.454 e. The first-order chi connectivity index (χ1) is 17.1. The summed E-state index contributed by atoms with van der Waals surface area (Å²) in [7, 11) is 0. The Hall–Kier alpha value is -4.04. The quantitative estimate of drug-likeness (QED) is 0.499. The zero-order valence-electron chi connectivity index (χ0n) is 18.7. The Morgan fingerprint density at radius 3 is 2.29 bits per heavy atom. The SMILES string of the molecule is O=C(NCCN1C(=O)SC(=Cc2ccc3c(c2)OCO3)C1=O)C(c1ccccc1)c1ccccc1. The van der Waals surface area contributed by atoms with Crippen molar-refractivity contribution in [2.75, 3.05) is 19.9 Å². The maximum Gasteiger partial charge on any atom is 0.293 e. The molecule has 8 heteroatoms. The molecular weight excluding hydrogens is 464 g/mol. The van der Waals surface area contributed by atoms with Gasteiger partial charge < -0.3 is 14.8 Å². The van der Waals surface area contributed by atoms with Gasteiger partial charge in [-0.3, -0.25) is 19.3 Å². The Labute approximate surface area is 206 Å². The average Bonchev–Trinajstić information content (AvgIpc) is 3.45. The number of imide groups is 1. The lowest BCUT2D eigenvalue weighted by molar-refractivity contribution is -0.124. The van der Waals surface area contributed by atoms with Crippen molar-refractivity contribution >= 4 is 34.9 Å². The highest BCUT2D eigenvalue weighted by Crippen LogP contribution is 2.36. The lowest BCUT2D eigenvalue weighted by Crippen LogP contribution is -2.39. The molecule has 176 valence electrons. The third-order valence-corrected chi connectivity index (χ3v) is 6.64. The van der Waals surface area contributed by atoms with Crippen LogP contribution in [0.15, 0.2) is 83.8 Å². The third kappa shape index (κ3) is 4.93. The van der Waals surface area contributed by atoms with Crippen LogP contribution < -0.4 is 14.8 Å². The van der Waals surface area contributed by atoms with E-state index in [9.17, 15) is 14.4 Å². The van der Waals surface area contributed by atoms with Gasteiger partial charge in [0.15, 0.2) is 11.5 Å². The smallest absolute Gasteiger partial charge is 0.293 e. The van der Waals surface area contributed by atoms with E-state index in [1.165, 1.54) is 0 Å². The second-order valence-corrected chi connectivity index (χ2v) is 8.98. The van der Waals surface area contributed by atoms with Crippen molar-refractivity contribution in [1.82, 2.24) is 10.2 Å². The van der Waals surface area contributed by atoms with Gasteiger partial charge >= 0.3 is 0 Å². The Morgan fingerprint density at radius 1 is 0.943 bits per heavy atom. The maximum atomic E-state index is 13.1. The summed E-state index contributed by atoms with van der Waals surface area (Å²) in [6, 6.07) is 24.4. The molecule has 3 aromatic carbocycles. The first-order valence-corrected chi connectivity index (χ1v) is 11.9. The highest BCUT2D eigenvalue weighted by atomic mass is 32.2. The van der Waals surface area contributed by atoms with E-state index in [4.69, 9.17) is 9.47 Å². The van der Waals surface area contributed by atoms with Gasteiger partial charge in [-0.2, -0.15) is 0 Å². The fourth-order valence-electron chi connectivity index (χ4n) is 4.03. The molecule has 7 nitrogen and oxygen atoms in total. The summed E-state index contributed by atoms with van der Waals surface area (Å²) < 4.78 is 10.7. The van der Waals surface area contributed by atoms with E-state index < -0.39 is 5.92 Å². The molecule has 0 saturated carbocycles. The van der Waals surface area contributed by atoms with Crippen LogP contribution in [0.25, 0.3) is 6.08 Å². The van der Waals surface area contributed by atoms with E-state index in [1.54, 1.807) is 24.3 Å². The van der Waals surface area contributed by atoms with E-state index in [0.29, 0.717) is 16.4 Å². The van der Waals surface area contributed by atoms with Crippen LogP contribution >= 0.6 is 11.8 Å². The van der Waals surface area contributed by atoms with Gasteiger partial charge in [0, 0.05) is 13.1 Å². The largest absolute Gasteiger partial charge is 0.454 e. The monoisotopic (exact) mass is 486 g/mol. The number of rotatable bonds is 7. The van der Waals surface area contributed by atoms with Crippen LogP contribution in [-0.2, 0) is 9.59 Å². The van der Waals surface area contributed by atoms with Gasteiger partial charge in [-0.05, 0) is 46.7 Å². The van der Waals surface area contributed by atoms with Gasteiger partial charge in [0.2, 0.25) is 12.7 Å². The number of hydrogen-bond acceptors (Lipinski definition) is 6. The van der Waals surface area contributed by atoms with Crippen molar-refractivity contribution in [1.29, 1.82) is 0 Å². The molecule has 0 aromatic heterocycles. The summed E-state index contributed by atoms with van der Waals surface area (Å²) in [5.74, 6) is 0.195. The molecule has 3 amide bonds. The average molecular weight is 487 g/mol. The van der Waals surface area contributed by atoms with E-state index in [0.717, 1.165) is 33.4 Å². The Balaban J connectivity index is 1.24. The predicted molar refractivity (Wildman–Crippen MR) is 133 cm³/mol. The van der Waals surface area contributed by atoms with E-state index in [-0.39, 0.29) is 36.9 Å². The lowest BCUT2D eigenvalue weighted by atomic mass is 9.90. The van der Waals surface area contributed by atoms with Crippen LogP contribution in [0.3, 0.4) is 0 Å². The number of fused-ring (bicyclic) bond motifs is 1. The normalized spacial score (nSPS) is 15.8. The molecule has 0 atom stereocenters. The highest BCUT2D eigenvalue weighted by molar-refractivity contribution is 8.18. The van der Waals surface area contributed by atoms with Crippen molar-refractivity contribution in [3.63, 3.8) is 0 Å². The fourth-order valence-corrected chi connectivity index (χ4v) is 4.89. The number of carbonyl (C=O) groups is 3. The van der Waals surface area contributed by atoms with Crippen molar-refractivity contribution in [3.05, 3.63) is 100 Å². The molecule has 3 aromatic rings. The summed E-state index contributed by atoms with van der Waals surface area (Å²) in [4.78, 5) is 40.0. The van der Waals surface area contributed by atoms with Crippen molar-refractivity contribution < 1.29 is 23.9 Å². The van der Waals surface area contributed by atoms with Gasteiger partial charge in [-0.1, -0.05) is 66.7 Å². The third-order valence-electron chi connectivity index (χ3n) is 5.73. The molecule has 0 aliphatic carbocycles. The summed E-state index contributed by atoms with van der Waals surface area (Å²) in [6.07, 6.45) is 1.66. The number of thioether (sulfide) groups is 1. The minimum atomic E-state index is -0.488. The number of nitrogens with one attached hydrogen (secondary N) is 1. The number of nitrogens with zero attached hydrogens (tertiary/aromatic N) is 1. The topological polar surface area (TPSA) is 84.9 Å². The fraction of sp³-hybridized carbons (Fsp3) is 0.148. The summed E-state index contributed by atoms with van der Waals surface area (Å²) in [5.41, 5.74) is 2.48. The number of hydrogen-bond donors (Lipinski definition) is 1. The second-order valence-electron chi connectivity index (χ2n) is 7.99. The Morgan fingerprint density at radius 2 is 1.60 bits per heavy atom. The van der Waals surface area contributed by atoms with Crippen LogP contribution in [0.5, 0.6) is 11.5 Å². The van der Waals surface area contributed by atoms with Crippen molar-refractivity contribution in [2.24, 2.45) is 0 Å². The molecule has 1 fully saturated rings. The summed E-state index contributed by atoms with van der Waals surface area (Å²) in [5, 5.41) is 2.53. The van der Waals surface area contributed by atoms with Crippen LogP contribution in [0.4, 0.5) is 4.79 Å². The van der Waals surface area contributed by atoms with E-state index in [2.05, 4.69) is 5.32 Å². The molecule has 35 heavy (non-hydrogen) atoms. The molecule has 1 N–H and O–H groups in total. The number of ether oxygens (including phenoxy) is 2. The molecule has 0 unspecified atom stereocenters. The van der Waals surface area contributed by atoms with E-state index >= 15 is 0 Å². The van der Waals surface area contributed by atoms with Gasteiger partial charge in [0.1, 0.15) is 0 Å². The Kier molecular flexibility index (Phi) is 6.54. The van der Waals surface area contributed by atoms with Gasteiger partial charge in [-0.25, -0.2) is 0 Å². The van der Waals surface area contributed by atoms with Crippen LogP contribution in [-0.4, -0.2) is 41.8 Å². The zero-order valence-corrected chi connectivity index (χ0v) is 19.5. The highest BCUT2D eigenvalue weighted by Gasteiger charge is 2.35. The van der Waals surface area contributed by atoms with Gasteiger partial charge in [0.25, 0.3) is 11.1 Å². The van der Waals surface area contributed by atoms with Crippen LogP contribution in [0, 0.1) is 0 Å². The lowest BCUT2D eigenvalue weighted by Gasteiger charge is -2.19. The standard InChI is InChI=1S/C27H22N2O5S/c30-25(24(19-7-3-1-4-8-19)20-9-5-2-6-10-20)28-13-14-29-26(31)23(35-27(29)32)16-18-11-12-21-22(15-18)34-17-33-21/h1-12,15-16,24H,13-14,17H2,(H,28,30). The van der Waals surface area contributed by atoms with Crippen molar-refractivity contribution in [2.45, 2.75) is 5.92 Å². The molecule has 0 bridgehead atoms. The predicted octanol–water partition coefficient (Wildman–Crippen LogP) is 4.40. The molecule has 0 radical (unpaired) electrons. The van der Waals surface area contributed by atoms with E-state index in [1.807, 2.05) is 60.7 Å². The number of carbonyl (C=O) groups excluding carboxylic acids is 3. The molecule has 0 spiro atoms. The number of amides is 3. The Bertz CT molecular complexity index is 1250. The summed E-state index contributed by atoms with van der Waals surface area (Å²) in [6.45, 7) is 0.409. The molecular formula is C27H22N2O5S.